The number of hydrogen-bond acceptors (Lipinski definition) is 8. The Morgan fingerprint density at radius 3 is 2.49 bits per heavy atom. The second kappa shape index (κ2) is 8.09. The summed E-state index contributed by atoms with van der Waals surface area (Å²) < 4.78 is 27.9. The van der Waals surface area contributed by atoms with Crippen molar-refractivity contribution < 1.29 is 33.3 Å². The van der Waals surface area contributed by atoms with Crippen molar-refractivity contribution in [2.75, 3.05) is 20.3 Å². The highest BCUT2D eigenvalue weighted by Gasteiger charge is 2.34. The molecule has 176 valence electrons. The number of benzene rings is 3. The first-order valence-electron chi connectivity index (χ1n) is 11.1. The molecule has 2 aliphatic heterocycles. The molecule has 0 spiro atoms. The quantitative estimate of drug-likeness (QED) is 0.346. The van der Waals surface area contributed by atoms with E-state index in [1.165, 1.54) is 12.3 Å². The van der Waals surface area contributed by atoms with Crippen molar-refractivity contribution in [1.29, 1.82) is 0 Å². The molecule has 0 saturated heterocycles. The molecule has 3 heterocycles. The summed E-state index contributed by atoms with van der Waals surface area (Å²) in [6.07, 6.45) is 1.40. The number of phenolic OH excluding ortho intramolecular Hbond substituents is 1. The van der Waals surface area contributed by atoms with Gasteiger partial charge in [-0.15, -0.1) is 0 Å². The van der Waals surface area contributed by atoms with Crippen molar-refractivity contribution in [2.45, 2.75) is 12.3 Å². The van der Waals surface area contributed by atoms with Crippen LogP contribution in [-0.2, 0) is 4.79 Å². The van der Waals surface area contributed by atoms with E-state index in [-0.39, 0.29) is 28.9 Å². The van der Waals surface area contributed by atoms with Gasteiger partial charge >= 0.3 is 5.97 Å². The highest BCUT2D eigenvalue weighted by atomic mass is 16.6. The van der Waals surface area contributed by atoms with Gasteiger partial charge in [0, 0.05) is 17.5 Å². The molecule has 35 heavy (non-hydrogen) atoms. The molecule has 2 aliphatic rings. The molecule has 1 aromatic heterocycles. The van der Waals surface area contributed by atoms with Gasteiger partial charge in [-0.2, -0.15) is 0 Å². The van der Waals surface area contributed by atoms with E-state index in [4.69, 9.17) is 23.4 Å². The van der Waals surface area contributed by atoms with Crippen LogP contribution >= 0.6 is 0 Å². The van der Waals surface area contributed by atoms with E-state index in [0.717, 1.165) is 5.56 Å². The summed E-state index contributed by atoms with van der Waals surface area (Å²) in [4.78, 5) is 25.9. The fraction of sp³-hybridized carbons (Fsp3) is 0.185. The van der Waals surface area contributed by atoms with Crippen LogP contribution in [0.5, 0.6) is 28.7 Å². The van der Waals surface area contributed by atoms with Crippen molar-refractivity contribution in [1.82, 2.24) is 0 Å². The Bertz CT molecular complexity index is 1530. The fourth-order valence-electron chi connectivity index (χ4n) is 4.66. The fourth-order valence-corrected chi connectivity index (χ4v) is 4.66. The van der Waals surface area contributed by atoms with Crippen molar-refractivity contribution in [3.05, 3.63) is 76.1 Å². The molecule has 1 atom stereocenters. The number of esters is 1. The van der Waals surface area contributed by atoms with E-state index in [1.54, 1.807) is 37.4 Å². The lowest BCUT2D eigenvalue weighted by Crippen LogP contribution is -2.22. The summed E-state index contributed by atoms with van der Waals surface area (Å²) in [6.45, 7) is 0.899. The average molecular weight is 472 g/mol. The lowest BCUT2D eigenvalue weighted by Gasteiger charge is -2.27. The SMILES string of the molecule is COc1ccc(-c2coc3c4c(cc(O)c3c2=O)OC(=O)C[C@H]4c2ccc3c(c2)OCCO3)cc1. The van der Waals surface area contributed by atoms with Crippen LogP contribution < -0.4 is 24.4 Å². The summed E-state index contributed by atoms with van der Waals surface area (Å²) in [5.41, 5.74) is 1.99. The molecule has 1 N–H and O–H groups in total. The number of fused-ring (bicyclic) bond motifs is 4. The van der Waals surface area contributed by atoms with E-state index in [0.29, 0.717) is 47.2 Å². The van der Waals surface area contributed by atoms with Crippen LogP contribution in [0.25, 0.3) is 22.1 Å². The first kappa shape index (κ1) is 21.1. The molecule has 0 amide bonds. The third-order valence-corrected chi connectivity index (χ3v) is 6.34. The Labute approximate surface area is 199 Å². The van der Waals surface area contributed by atoms with E-state index in [9.17, 15) is 14.7 Å². The normalized spacial score (nSPS) is 16.5. The van der Waals surface area contributed by atoms with Crippen molar-refractivity contribution >= 4 is 16.9 Å². The first-order valence-corrected chi connectivity index (χ1v) is 11.1. The van der Waals surface area contributed by atoms with Gasteiger partial charge in [0.05, 0.1) is 19.1 Å². The molecule has 0 aliphatic carbocycles. The van der Waals surface area contributed by atoms with Gasteiger partial charge in [-0.3, -0.25) is 9.59 Å². The third kappa shape index (κ3) is 3.45. The van der Waals surface area contributed by atoms with Gasteiger partial charge in [-0.05, 0) is 35.4 Å². The minimum absolute atomic E-state index is 0.0255. The van der Waals surface area contributed by atoms with Gasteiger partial charge in [-0.1, -0.05) is 18.2 Å². The second-order valence-electron chi connectivity index (χ2n) is 8.35. The maximum atomic E-state index is 13.5. The Morgan fingerprint density at radius 1 is 0.943 bits per heavy atom. The van der Waals surface area contributed by atoms with Crippen LogP contribution in [0.4, 0.5) is 0 Å². The molecule has 0 bridgehead atoms. The Kier molecular flexibility index (Phi) is 4.88. The molecule has 8 nitrogen and oxygen atoms in total. The van der Waals surface area contributed by atoms with Gasteiger partial charge in [-0.25, -0.2) is 0 Å². The maximum absolute atomic E-state index is 13.5. The number of rotatable bonds is 3. The zero-order valence-corrected chi connectivity index (χ0v) is 18.7. The number of methoxy groups -OCH3 is 1. The summed E-state index contributed by atoms with van der Waals surface area (Å²) in [5, 5.41) is 10.8. The predicted molar refractivity (Wildman–Crippen MR) is 126 cm³/mol. The van der Waals surface area contributed by atoms with Crippen LogP contribution in [0, 0.1) is 0 Å². The van der Waals surface area contributed by atoms with E-state index < -0.39 is 17.3 Å². The molecule has 6 rings (SSSR count). The standard InChI is InChI=1S/C27H20O8/c1-31-16-5-2-14(3-6-16)18-13-34-27-24-17(15-4-7-20-21(10-15)33-9-8-32-20)11-23(29)35-22(24)12-19(28)25(27)26(18)30/h2-7,10,12-13,17,28H,8-9,11H2,1H3/t17-/m0/s1. The van der Waals surface area contributed by atoms with Gasteiger partial charge in [0.1, 0.15) is 47.7 Å². The second-order valence-corrected chi connectivity index (χ2v) is 8.35. The summed E-state index contributed by atoms with van der Waals surface area (Å²) in [5.74, 6) is 0.781. The highest BCUT2D eigenvalue weighted by molar-refractivity contribution is 5.94. The molecule has 0 saturated carbocycles. The lowest BCUT2D eigenvalue weighted by atomic mass is 9.84. The van der Waals surface area contributed by atoms with Crippen LogP contribution in [0.15, 0.2) is 64.0 Å². The summed E-state index contributed by atoms with van der Waals surface area (Å²) in [6, 6.07) is 13.7. The third-order valence-electron chi connectivity index (χ3n) is 6.34. The molecular weight excluding hydrogens is 452 g/mol. The molecule has 0 radical (unpaired) electrons. The molecule has 0 unspecified atom stereocenters. The number of carbonyl (C=O) groups excluding carboxylic acids is 1. The van der Waals surface area contributed by atoms with Crippen LogP contribution in [0.3, 0.4) is 0 Å². The van der Waals surface area contributed by atoms with Gasteiger partial charge in [0.15, 0.2) is 11.5 Å². The van der Waals surface area contributed by atoms with E-state index in [1.807, 2.05) is 12.1 Å². The van der Waals surface area contributed by atoms with Crippen LogP contribution in [0.1, 0.15) is 23.5 Å². The number of carbonyl (C=O) groups is 1. The van der Waals surface area contributed by atoms with Crippen molar-refractivity contribution in [3.63, 3.8) is 0 Å². The topological polar surface area (TPSA) is 104 Å². The molecule has 4 aromatic rings. The monoisotopic (exact) mass is 472 g/mol. The number of phenols is 1. The Hall–Kier alpha value is -4.46. The number of ether oxygens (including phenoxy) is 4. The summed E-state index contributed by atoms with van der Waals surface area (Å²) >= 11 is 0. The van der Waals surface area contributed by atoms with Crippen molar-refractivity contribution in [2.24, 2.45) is 0 Å². The van der Waals surface area contributed by atoms with Crippen molar-refractivity contribution in [3.8, 4) is 39.9 Å². The minimum atomic E-state index is -0.472. The van der Waals surface area contributed by atoms with Crippen LogP contribution in [-0.4, -0.2) is 31.4 Å². The number of hydrogen-bond donors (Lipinski definition) is 1. The lowest BCUT2D eigenvalue weighted by molar-refractivity contribution is -0.135. The maximum Gasteiger partial charge on any atom is 0.312 e. The van der Waals surface area contributed by atoms with E-state index >= 15 is 0 Å². The van der Waals surface area contributed by atoms with Gasteiger partial charge in [0.25, 0.3) is 0 Å². The van der Waals surface area contributed by atoms with Crippen LogP contribution in [0.2, 0.25) is 0 Å². The molecular formula is C27H20O8. The largest absolute Gasteiger partial charge is 0.507 e. The van der Waals surface area contributed by atoms with Gasteiger partial charge in [0.2, 0.25) is 5.43 Å². The Morgan fingerprint density at radius 2 is 1.71 bits per heavy atom. The highest BCUT2D eigenvalue weighted by Crippen LogP contribution is 2.47. The molecule has 3 aromatic carbocycles. The molecule has 8 heteroatoms. The zero-order chi connectivity index (χ0) is 24.1. The predicted octanol–water partition coefficient (Wildman–Crippen LogP) is 4.39. The summed E-state index contributed by atoms with van der Waals surface area (Å²) in [7, 11) is 1.56. The average Bonchev–Trinajstić information content (AvgIpc) is 2.88. The molecule has 0 fully saturated rings. The smallest absolute Gasteiger partial charge is 0.312 e. The minimum Gasteiger partial charge on any atom is -0.507 e. The first-order chi connectivity index (χ1) is 17.0. The van der Waals surface area contributed by atoms with Gasteiger partial charge < -0.3 is 28.5 Å². The Balaban J connectivity index is 1.54. The van der Waals surface area contributed by atoms with E-state index in [2.05, 4.69) is 0 Å². The zero-order valence-electron chi connectivity index (χ0n) is 18.7. The number of aromatic hydroxyl groups is 1.